The van der Waals surface area contributed by atoms with Crippen LogP contribution >= 0.6 is 0 Å². The Morgan fingerprint density at radius 3 is 1.62 bits per heavy atom. The molecule has 0 bridgehead atoms. The van der Waals surface area contributed by atoms with Crippen LogP contribution in [0, 0.1) is 0 Å². The molecule has 4 heteroatoms. The van der Waals surface area contributed by atoms with Gasteiger partial charge < -0.3 is 15.3 Å². The van der Waals surface area contributed by atoms with Crippen molar-refractivity contribution in [3.05, 3.63) is 12.2 Å². The molecule has 4 nitrogen and oxygen atoms in total. The van der Waals surface area contributed by atoms with Crippen LogP contribution in [0.2, 0.25) is 0 Å². The summed E-state index contributed by atoms with van der Waals surface area (Å²) in [6, 6.07) is 0. The third kappa shape index (κ3) is 17.9. The van der Waals surface area contributed by atoms with E-state index < -0.39 is 18.2 Å². The van der Waals surface area contributed by atoms with Crippen molar-refractivity contribution in [1.82, 2.24) is 0 Å². The number of aliphatic carboxylic acids is 1. The van der Waals surface area contributed by atoms with Gasteiger partial charge in [0.1, 0.15) is 0 Å². The van der Waals surface area contributed by atoms with Crippen molar-refractivity contribution >= 4 is 5.97 Å². The number of carbonyl (C=O) groups is 1. The third-order valence-corrected chi connectivity index (χ3v) is 4.93. The van der Waals surface area contributed by atoms with E-state index in [1.807, 2.05) is 0 Å². The molecule has 0 saturated carbocycles. The second-order valence-electron chi connectivity index (χ2n) is 7.48. The number of hydrogen-bond acceptors (Lipinski definition) is 3. The highest BCUT2D eigenvalue weighted by atomic mass is 16.4. The Morgan fingerprint density at radius 1 is 0.731 bits per heavy atom. The van der Waals surface area contributed by atoms with Gasteiger partial charge in [0.05, 0.1) is 12.2 Å². The van der Waals surface area contributed by atoms with Gasteiger partial charge in [-0.25, -0.2) is 4.79 Å². The molecule has 0 amide bonds. The lowest BCUT2D eigenvalue weighted by atomic mass is 9.99. The number of carboxylic acid groups (broad SMARTS) is 1. The zero-order valence-corrected chi connectivity index (χ0v) is 16.9. The highest BCUT2D eigenvalue weighted by Crippen LogP contribution is 2.15. The lowest BCUT2D eigenvalue weighted by molar-refractivity contribution is -0.131. The van der Waals surface area contributed by atoms with Crippen LogP contribution in [0.15, 0.2) is 12.2 Å². The van der Waals surface area contributed by atoms with Gasteiger partial charge in [-0.05, 0) is 25.7 Å². The molecule has 0 aromatic carbocycles. The highest BCUT2D eigenvalue weighted by Gasteiger charge is 2.15. The van der Waals surface area contributed by atoms with E-state index in [4.69, 9.17) is 5.11 Å². The number of carboxylic acids is 1. The van der Waals surface area contributed by atoms with E-state index in [1.54, 1.807) is 6.08 Å². The molecule has 2 atom stereocenters. The standard InChI is InChI=1S/C22H42O4/c1-2-3-4-5-8-11-14-17-20(23)21(24)18-15-12-9-6-7-10-13-16-19-22(25)26/h16,19-21,23-24H,2-15,17-18H2,1H3,(H,25,26)/b19-16+. The van der Waals surface area contributed by atoms with E-state index in [-0.39, 0.29) is 0 Å². The fraction of sp³-hybridized carbons (Fsp3) is 0.864. The second-order valence-corrected chi connectivity index (χ2v) is 7.48. The van der Waals surface area contributed by atoms with Crippen molar-refractivity contribution < 1.29 is 20.1 Å². The number of hydrogen-bond donors (Lipinski definition) is 3. The molecule has 0 aromatic heterocycles. The number of aliphatic hydroxyl groups excluding tert-OH is 2. The van der Waals surface area contributed by atoms with E-state index >= 15 is 0 Å². The van der Waals surface area contributed by atoms with E-state index in [0.717, 1.165) is 64.2 Å². The topological polar surface area (TPSA) is 77.8 Å². The Hall–Kier alpha value is -0.870. The number of aliphatic hydroxyl groups is 2. The summed E-state index contributed by atoms with van der Waals surface area (Å²) in [5.41, 5.74) is 0. The van der Waals surface area contributed by atoms with Crippen LogP contribution in [-0.4, -0.2) is 33.5 Å². The Balaban J connectivity index is 3.38. The molecule has 2 unspecified atom stereocenters. The smallest absolute Gasteiger partial charge is 0.327 e. The quantitative estimate of drug-likeness (QED) is 0.204. The van der Waals surface area contributed by atoms with Gasteiger partial charge in [0.2, 0.25) is 0 Å². The molecule has 26 heavy (non-hydrogen) atoms. The van der Waals surface area contributed by atoms with Crippen LogP contribution in [0.3, 0.4) is 0 Å². The van der Waals surface area contributed by atoms with E-state index in [9.17, 15) is 15.0 Å². The summed E-state index contributed by atoms with van der Waals surface area (Å²) in [5, 5.41) is 28.5. The normalized spacial score (nSPS) is 14.0. The first-order valence-electron chi connectivity index (χ1n) is 10.8. The second kappa shape index (κ2) is 18.9. The number of allylic oxidation sites excluding steroid dienone is 1. The molecule has 0 heterocycles. The van der Waals surface area contributed by atoms with Gasteiger partial charge in [-0.15, -0.1) is 0 Å². The SMILES string of the molecule is CCCCCCCCCC(O)C(O)CCCCCCCC/C=C/C(=O)O. The maximum Gasteiger partial charge on any atom is 0.327 e. The van der Waals surface area contributed by atoms with Gasteiger partial charge in [-0.3, -0.25) is 0 Å². The maximum atomic E-state index is 10.3. The molecule has 0 aliphatic rings. The summed E-state index contributed by atoms with van der Waals surface area (Å²) in [4.78, 5) is 10.3. The molecule has 0 aromatic rings. The monoisotopic (exact) mass is 370 g/mol. The highest BCUT2D eigenvalue weighted by molar-refractivity contribution is 5.79. The maximum absolute atomic E-state index is 10.3. The van der Waals surface area contributed by atoms with Gasteiger partial charge in [0, 0.05) is 6.08 Å². The fourth-order valence-electron chi connectivity index (χ4n) is 3.20. The van der Waals surface area contributed by atoms with Crippen molar-refractivity contribution in [3.63, 3.8) is 0 Å². The zero-order valence-electron chi connectivity index (χ0n) is 16.9. The van der Waals surface area contributed by atoms with E-state index in [1.165, 1.54) is 38.2 Å². The molecular weight excluding hydrogens is 328 g/mol. The van der Waals surface area contributed by atoms with Crippen molar-refractivity contribution in [2.75, 3.05) is 0 Å². The summed E-state index contributed by atoms with van der Waals surface area (Å²) >= 11 is 0. The molecule has 0 rings (SSSR count). The third-order valence-electron chi connectivity index (χ3n) is 4.93. The Bertz CT molecular complexity index is 341. The average molecular weight is 371 g/mol. The van der Waals surface area contributed by atoms with Gasteiger partial charge in [0.15, 0.2) is 0 Å². The van der Waals surface area contributed by atoms with Crippen molar-refractivity contribution in [2.45, 2.75) is 122 Å². The van der Waals surface area contributed by atoms with Crippen molar-refractivity contribution in [1.29, 1.82) is 0 Å². The number of unbranched alkanes of at least 4 members (excludes halogenated alkanes) is 12. The predicted octanol–water partition coefficient (Wildman–Crippen LogP) is 5.61. The van der Waals surface area contributed by atoms with Gasteiger partial charge >= 0.3 is 5.97 Å². The molecule has 154 valence electrons. The Labute approximate surface area is 160 Å². The first-order chi connectivity index (χ1) is 12.6. The first-order valence-corrected chi connectivity index (χ1v) is 10.8. The lowest BCUT2D eigenvalue weighted by Gasteiger charge is -2.17. The minimum Gasteiger partial charge on any atom is -0.478 e. The average Bonchev–Trinajstić information content (AvgIpc) is 2.61. The van der Waals surface area contributed by atoms with Gasteiger partial charge in [0.25, 0.3) is 0 Å². The molecule has 0 aliphatic carbocycles. The summed E-state index contributed by atoms with van der Waals surface area (Å²) in [5.74, 6) is -0.877. The molecule has 0 spiro atoms. The Kier molecular flexibility index (Phi) is 18.3. The molecule has 0 fully saturated rings. The van der Waals surface area contributed by atoms with Gasteiger partial charge in [-0.1, -0.05) is 90.0 Å². The summed E-state index contributed by atoms with van der Waals surface area (Å²) < 4.78 is 0. The minimum atomic E-state index is -0.877. The van der Waals surface area contributed by atoms with Crippen molar-refractivity contribution in [3.8, 4) is 0 Å². The number of rotatable bonds is 19. The van der Waals surface area contributed by atoms with Crippen LogP contribution in [0.25, 0.3) is 0 Å². The molecule has 0 radical (unpaired) electrons. The summed E-state index contributed by atoms with van der Waals surface area (Å²) in [6.45, 7) is 2.22. The molecule has 0 aliphatic heterocycles. The lowest BCUT2D eigenvalue weighted by Crippen LogP contribution is -2.25. The molecule has 3 N–H and O–H groups in total. The molecule has 0 saturated heterocycles. The van der Waals surface area contributed by atoms with Crippen LogP contribution in [0.5, 0.6) is 0 Å². The zero-order chi connectivity index (χ0) is 19.5. The largest absolute Gasteiger partial charge is 0.478 e. The molecular formula is C22H42O4. The van der Waals surface area contributed by atoms with Crippen molar-refractivity contribution in [2.24, 2.45) is 0 Å². The summed E-state index contributed by atoms with van der Waals surface area (Å²) in [7, 11) is 0. The van der Waals surface area contributed by atoms with E-state index in [2.05, 4.69) is 6.92 Å². The Morgan fingerprint density at radius 2 is 1.15 bits per heavy atom. The van der Waals surface area contributed by atoms with Crippen LogP contribution in [0.4, 0.5) is 0 Å². The fourth-order valence-corrected chi connectivity index (χ4v) is 3.20. The van der Waals surface area contributed by atoms with Crippen LogP contribution in [-0.2, 0) is 4.79 Å². The summed E-state index contributed by atoms with van der Waals surface area (Å²) in [6.07, 6.45) is 19.2. The minimum absolute atomic E-state index is 0.563. The van der Waals surface area contributed by atoms with E-state index in [0.29, 0.717) is 6.42 Å². The van der Waals surface area contributed by atoms with Gasteiger partial charge in [-0.2, -0.15) is 0 Å². The van der Waals surface area contributed by atoms with Crippen LogP contribution < -0.4 is 0 Å². The van der Waals surface area contributed by atoms with Crippen LogP contribution in [0.1, 0.15) is 110 Å². The first kappa shape index (κ1) is 25.1. The predicted molar refractivity (Wildman–Crippen MR) is 108 cm³/mol.